The molecule has 17 heavy (non-hydrogen) atoms. The molecule has 5 heteroatoms. The summed E-state index contributed by atoms with van der Waals surface area (Å²) < 4.78 is 27.2. The standard InChI is InChI=1S/C12H17NO3S/c1-9-6-5-7-10(11(9)13)8-12(2,3)16-17(4,14)15/h5-8,13H,1-4H3/b10-8-,13-11?. The van der Waals surface area contributed by atoms with Crippen LogP contribution in [0.15, 0.2) is 35.5 Å². The van der Waals surface area contributed by atoms with Gasteiger partial charge in [-0.2, -0.15) is 8.42 Å². The Bertz CT molecular complexity index is 522. The van der Waals surface area contributed by atoms with Gasteiger partial charge in [0, 0.05) is 0 Å². The van der Waals surface area contributed by atoms with E-state index in [9.17, 15) is 8.42 Å². The molecule has 4 nitrogen and oxygen atoms in total. The molecule has 0 saturated heterocycles. The quantitative estimate of drug-likeness (QED) is 0.786. The van der Waals surface area contributed by atoms with Crippen LogP contribution in [0.5, 0.6) is 0 Å². The summed E-state index contributed by atoms with van der Waals surface area (Å²) in [4.78, 5) is 0. The molecule has 0 aromatic rings. The molecule has 0 radical (unpaired) electrons. The van der Waals surface area contributed by atoms with Gasteiger partial charge in [0.15, 0.2) is 0 Å². The summed E-state index contributed by atoms with van der Waals surface area (Å²) >= 11 is 0. The zero-order chi connectivity index (χ0) is 13.3. The van der Waals surface area contributed by atoms with Crippen LogP contribution >= 0.6 is 0 Å². The molecule has 94 valence electrons. The maximum absolute atomic E-state index is 11.1. The molecule has 0 saturated carbocycles. The van der Waals surface area contributed by atoms with Crippen molar-refractivity contribution in [1.29, 1.82) is 5.41 Å². The highest BCUT2D eigenvalue weighted by Gasteiger charge is 2.23. The van der Waals surface area contributed by atoms with E-state index < -0.39 is 15.7 Å². The molecule has 0 aromatic heterocycles. The van der Waals surface area contributed by atoms with Gasteiger partial charge in [-0.1, -0.05) is 18.2 Å². The Morgan fingerprint density at radius 3 is 2.53 bits per heavy atom. The molecule has 1 rings (SSSR count). The lowest BCUT2D eigenvalue weighted by Gasteiger charge is -2.21. The van der Waals surface area contributed by atoms with Gasteiger partial charge in [0.1, 0.15) is 5.60 Å². The number of hydrogen-bond acceptors (Lipinski definition) is 4. The third-order valence-corrected chi connectivity index (χ3v) is 2.91. The summed E-state index contributed by atoms with van der Waals surface area (Å²) in [6, 6.07) is 0. The van der Waals surface area contributed by atoms with Crippen molar-refractivity contribution in [2.75, 3.05) is 6.26 Å². The second-order valence-electron chi connectivity index (χ2n) is 4.57. The molecular formula is C12H17NO3S. The van der Waals surface area contributed by atoms with E-state index in [4.69, 9.17) is 9.59 Å². The fourth-order valence-corrected chi connectivity index (χ4v) is 2.43. The minimum Gasteiger partial charge on any atom is -0.300 e. The Labute approximate surface area is 102 Å². The first kappa shape index (κ1) is 13.9. The van der Waals surface area contributed by atoms with Crippen molar-refractivity contribution >= 4 is 15.8 Å². The Morgan fingerprint density at radius 1 is 1.41 bits per heavy atom. The highest BCUT2D eigenvalue weighted by Crippen LogP contribution is 2.21. The van der Waals surface area contributed by atoms with Gasteiger partial charge in [-0.3, -0.25) is 4.18 Å². The third kappa shape index (κ3) is 4.28. The lowest BCUT2D eigenvalue weighted by molar-refractivity contribution is 0.172. The van der Waals surface area contributed by atoms with Gasteiger partial charge < -0.3 is 5.41 Å². The van der Waals surface area contributed by atoms with Crippen molar-refractivity contribution in [3.05, 3.63) is 35.5 Å². The summed E-state index contributed by atoms with van der Waals surface area (Å²) in [5, 5.41) is 7.87. The number of allylic oxidation sites excluding steroid dienone is 5. The lowest BCUT2D eigenvalue weighted by atomic mass is 9.94. The van der Waals surface area contributed by atoms with Crippen LogP contribution < -0.4 is 0 Å². The normalized spacial score (nSPS) is 19.6. The summed E-state index contributed by atoms with van der Waals surface area (Å²) in [6.07, 6.45) is 8.09. The first-order valence-electron chi connectivity index (χ1n) is 5.18. The van der Waals surface area contributed by atoms with Crippen LogP contribution in [0.25, 0.3) is 0 Å². The minimum atomic E-state index is -3.52. The zero-order valence-corrected chi connectivity index (χ0v) is 11.3. The molecule has 1 N–H and O–H groups in total. The fraction of sp³-hybridized carbons (Fsp3) is 0.417. The van der Waals surface area contributed by atoms with Crippen LogP contribution in [-0.4, -0.2) is 26.0 Å². The van der Waals surface area contributed by atoms with E-state index in [0.717, 1.165) is 11.8 Å². The van der Waals surface area contributed by atoms with Gasteiger partial charge in [0.25, 0.3) is 10.1 Å². The smallest absolute Gasteiger partial charge is 0.265 e. The molecule has 0 aromatic carbocycles. The Balaban J connectivity index is 3.01. The van der Waals surface area contributed by atoms with E-state index in [0.29, 0.717) is 11.3 Å². The van der Waals surface area contributed by atoms with Crippen LogP contribution in [0.1, 0.15) is 20.8 Å². The minimum absolute atomic E-state index is 0.387. The van der Waals surface area contributed by atoms with Crippen molar-refractivity contribution in [3.63, 3.8) is 0 Å². The fourth-order valence-electron chi connectivity index (χ4n) is 1.60. The van der Waals surface area contributed by atoms with E-state index in [1.807, 2.05) is 19.1 Å². The first-order chi connectivity index (χ1) is 7.61. The van der Waals surface area contributed by atoms with Crippen LogP contribution in [0.2, 0.25) is 0 Å². The van der Waals surface area contributed by atoms with Crippen molar-refractivity contribution in [2.45, 2.75) is 26.4 Å². The average Bonchev–Trinajstić information content (AvgIpc) is 2.08. The average molecular weight is 255 g/mol. The molecule has 0 amide bonds. The Hall–Kier alpha value is -1.20. The maximum atomic E-state index is 11.1. The van der Waals surface area contributed by atoms with Gasteiger partial charge in [0.2, 0.25) is 0 Å². The Kier molecular flexibility index (Phi) is 3.74. The van der Waals surface area contributed by atoms with Crippen molar-refractivity contribution < 1.29 is 12.6 Å². The van der Waals surface area contributed by atoms with E-state index >= 15 is 0 Å². The molecule has 0 aliphatic heterocycles. The topological polar surface area (TPSA) is 67.2 Å². The maximum Gasteiger partial charge on any atom is 0.265 e. The van der Waals surface area contributed by atoms with Crippen molar-refractivity contribution in [2.24, 2.45) is 0 Å². The van der Waals surface area contributed by atoms with Crippen molar-refractivity contribution in [1.82, 2.24) is 0 Å². The SMILES string of the molecule is CC1=CC=C/C(=C/C(C)(C)OS(C)(=O)=O)C1=N. The third-order valence-electron chi connectivity index (χ3n) is 2.17. The van der Waals surface area contributed by atoms with Crippen LogP contribution in [0.4, 0.5) is 0 Å². The van der Waals surface area contributed by atoms with Gasteiger partial charge in [-0.05, 0) is 38.0 Å². The number of hydrogen-bond donors (Lipinski definition) is 1. The van der Waals surface area contributed by atoms with Gasteiger partial charge in [-0.15, -0.1) is 0 Å². The molecule has 0 atom stereocenters. The predicted octanol–water partition coefficient (Wildman–Crippen LogP) is 2.20. The Morgan fingerprint density at radius 2 is 2.00 bits per heavy atom. The summed E-state index contributed by atoms with van der Waals surface area (Å²) in [7, 11) is -3.52. The lowest BCUT2D eigenvalue weighted by Crippen LogP contribution is -2.26. The highest BCUT2D eigenvalue weighted by molar-refractivity contribution is 7.86. The predicted molar refractivity (Wildman–Crippen MR) is 68.7 cm³/mol. The van der Waals surface area contributed by atoms with Gasteiger partial charge in [0.05, 0.1) is 12.0 Å². The molecule has 0 heterocycles. The van der Waals surface area contributed by atoms with E-state index in [2.05, 4.69) is 0 Å². The summed E-state index contributed by atoms with van der Waals surface area (Å²) in [6.45, 7) is 5.13. The number of rotatable bonds is 3. The molecule has 1 aliphatic rings. The largest absolute Gasteiger partial charge is 0.300 e. The molecule has 0 bridgehead atoms. The van der Waals surface area contributed by atoms with E-state index in [-0.39, 0.29) is 0 Å². The number of nitrogens with one attached hydrogen (secondary N) is 1. The summed E-state index contributed by atoms with van der Waals surface area (Å²) in [5.74, 6) is 0. The molecule has 0 fully saturated rings. The molecule has 1 aliphatic carbocycles. The van der Waals surface area contributed by atoms with Gasteiger partial charge >= 0.3 is 0 Å². The highest BCUT2D eigenvalue weighted by atomic mass is 32.2. The zero-order valence-electron chi connectivity index (χ0n) is 10.4. The van der Waals surface area contributed by atoms with Gasteiger partial charge in [-0.25, -0.2) is 0 Å². The monoisotopic (exact) mass is 255 g/mol. The van der Waals surface area contributed by atoms with E-state index in [1.54, 1.807) is 26.0 Å². The van der Waals surface area contributed by atoms with E-state index in [1.165, 1.54) is 0 Å². The molecule has 0 spiro atoms. The second-order valence-corrected chi connectivity index (χ2v) is 6.15. The van der Waals surface area contributed by atoms with Crippen molar-refractivity contribution in [3.8, 4) is 0 Å². The van der Waals surface area contributed by atoms with Crippen LogP contribution in [0.3, 0.4) is 0 Å². The first-order valence-corrected chi connectivity index (χ1v) is 7.00. The van der Waals surface area contributed by atoms with Crippen LogP contribution in [0, 0.1) is 5.41 Å². The molecular weight excluding hydrogens is 238 g/mol. The molecule has 0 unspecified atom stereocenters. The van der Waals surface area contributed by atoms with Crippen LogP contribution in [-0.2, 0) is 14.3 Å². The summed E-state index contributed by atoms with van der Waals surface area (Å²) in [5.41, 5.74) is 0.933. The second kappa shape index (κ2) is 4.58.